The number of carbonyl (C=O) groups is 1. The van der Waals surface area contributed by atoms with Crippen LogP contribution in [0.15, 0.2) is 36.4 Å². The lowest BCUT2D eigenvalue weighted by Crippen LogP contribution is -2.25. The van der Waals surface area contributed by atoms with Crippen molar-refractivity contribution in [2.45, 2.75) is 6.54 Å². The average molecular weight is 334 g/mol. The van der Waals surface area contributed by atoms with Crippen molar-refractivity contribution in [2.24, 2.45) is 0 Å². The van der Waals surface area contributed by atoms with E-state index in [1.165, 1.54) is 12.1 Å². The molecule has 0 atom stereocenters. The van der Waals surface area contributed by atoms with E-state index in [2.05, 4.69) is 0 Å². The Balaban J connectivity index is 1.66. The Bertz CT molecular complexity index is 730. The molecule has 2 aromatic carbocycles. The van der Waals surface area contributed by atoms with Gasteiger partial charge in [0.2, 0.25) is 6.79 Å². The molecule has 0 saturated heterocycles. The molecule has 0 aromatic heterocycles. The number of halogens is 1. The monoisotopic (exact) mass is 333 g/mol. The van der Waals surface area contributed by atoms with Crippen molar-refractivity contribution >= 4 is 17.4 Å². The van der Waals surface area contributed by atoms with Gasteiger partial charge in [-0.1, -0.05) is 11.6 Å². The fraction of sp³-hybridized carbons (Fsp3) is 0.235. The zero-order valence-electron chi connectivity index (χ0n) is 12.6. The maximum Gasteiger partial charge on any atom is 0.231 e. The topological polar surface area (TPSA) is 59.0 Å². The number of phenolic OH excluding ortho intramolecular Hbond substituents is 1. The summed E-state index contributed by atoms with van der Waals surface area (Å²) in [6.07, 6.45) is 0. The van der Waals surface area contributed by atoms with Gasteiger partial charge in [-0.05, 0) is 42.9 Å². The summed E-state index contributed by atoms with van der Waals surface area (Å²) in [5.74, 6) is 1.43. The number of nitrogens with zero attached hydrogens (tertiary/aromatic N) is 1. The summed E-state index contributed by atoms with van der Waals surface area (Å²) in [4.78, 5) is 14.1. The van der Waals surface area contributed by atoms with E-state index >= 15 is 0 Å². The quantitative estimate of drug-likeness (QED) is 0.852. The number of benzene rings is 2. The Morgan fingerprint density at radius 3 is 2.57 bits per heavy atom. The van der Waals surface area contributed by atoms with E-state index in [0.29, 0.717) is 28.6 Å². The fourth-order valence-corrected chi connectivity index (χ4v) is 2.62. The van der Waals surface area contributed by atoms with E-state index in [4.69, 9.17) is 21.1 Å². The summed E-state index contributed by atoms with van der Waals surface area (Å²) in [6, 6.07) is 9.79. The SMILES string of the molecule is CN(CC(=O)c1ccc(O)cc1)Cc1cc2c(cc1Cl)OCO2. The molecule has 23 heavy (non-hydrogen) atoms. The minimum Gasteiger partial charge on any atom is -0.508 e. The second kappa shape index (κ2) is 6.48. The Morgan fingerprint density at radius 1 is 1.22 bits per heavy atom. The molecule has 1 heterocycles. The van der Waals surface area contributed by atoms with Crippen LogP contribution in [0.5, 0.6) is 17.2 Å². The molecule has 1 aliphatic rings. The zero-order chi connectivity index (χ0) is 16.4. The van der Waals surface area contributed by atoms with Crippen molar-refractivity contribution < 1.29 is 19.4 Å². The maximum atomic E-state index is 12.2. The van der Waals surface area contributed by atoms with Gasteiger partial charge in [0.15, 0.2) is 17.3 Å². The number of phenols is 1. The van der Waals surface area contributed by atoms with Crippen LogP contribution in [-0.2, 0) is 6.54 Å². The molecule has 3 rings (SSSR count). The molecule has 5 nitrogen and oxygen atoms in total. The van der Waals surface area contributed by atoms with E-state index in [9.17, 15) is 9.90 Å². The number of rotatable bonds is 5. The Morgan fingerprint density at radius 2 is 1.87 bits per heavy atom. The molecule has 1 aliphatic heterocycles. The third-order valence-corrected chi connectivity index (χ3v) is 3.94. The molecule has 2 aromatic rings. The number of aromatic hydroxyl groups is 1. The Labute approximate surface area is 139 Å². The van der Waals surface area contributed by atoms with E-state index in [1.54, 1.807) is 18.2 Å². The van der Waals surface area contributed by atoms with Gasteiger partial charge in [0.1, 0.15) is 5.75 Å². The lowest BCUT2D eigenvalue weighted by Gasteiger charge is -2.17. The lowest BCUT2D eigenvalue weighted by atomic mass is 10.1. The highest BCUT2D eigenvalue weighted by Gasteiger charge is 2.18. The standard InChI is InChI=1S/C17H16ClNO4/c1-19(9-15(21)11-2-4-13(20)5-3-11)8-12-6-16-17(7-14(12)18)23-10-22-16/h2-7,20H,8-10H2,1H3. The van der Waals surface area contributed by atoms with Gasteiger partial charge in [-0.2, -0.15) is 0 Å². The van der Waals surface area contributed by atoms with Gasteiger partial charge in [0, 0.05) is 23.2 Å². The van der Waals surface area contributed by atoms with Crippen LogP contribution in [0.1, 0.15) is 15.9 Å². The summed E-state index contributed by atoms with van der Waals surface area (Å²) in [6.45, 7) is 0.957. The van der Waals surface area contributed by atoms with E-state index < -0.39 is 0 Å². The number of likely N-dealkylation sites (N-methyl/N-ethyl adjacent to an activating group) is 1. The molecular weight excluding hydrogens is 318 g/mol. The molecule has 1 N–H and O–H groups in total. The van der Waals surface area contributed by atoms with E-state index in [-0.39, 0.29) is 24.9 Å². The number of fused-ring (bicyclic) bond motifs is 1. The molecule has 0 saturated carbocycles. The largest absolute Gasteiger partial charge is 0.508 e. The van der Waals surface area contributed by atoms with Gasteiger partial charge in [0.05, 0.1) is 6.54 Å². The van der Waals surface area contributed by atoms with Gasteiger partial charge >= 0.3 is 0 Å². The van der Waals surface area contributed by atoms with Crippen molar-refractivity contribution in [3.8, 4) is 17.2 Å². The molecular formula is C17H16ClNO4. The van der Waals surface area contributed by atoms with Gasteiger partial charge in [-0.25, -0.2) is 0 Å². The maximum absolute atomic E-state index is 12.2. The minimum atomic E-state index is -0.0237. The summed E-state index contributed by atoms with van der Waals surface area (Å²) < 4.78 is 10.6. The number of carbonyl (C=O) groups excluding carboxylic acids is 1. The molecule has 0 amide bonds. The summed E-state index contributed by atoms with van der Waals surface area (Å²) in [5.41, 5.74) is 1.43. The van der Waals surface area contributed by atoms with Crippen molar-refractivity contribution in [1.29, 1.82) is 0 Å². The van der Waals surface area contributed by atoms with Crippen LogP contribution >= 0.6 is 11.6 Å². The van der Waals surface area contributed by atoms with E-state index in [1.807, 2.05) is 18.0 Å². The van der Waals surface area contributed by atoms with Gasteiger partial charge < -0.3 is 14.6 Å². The van der Waals surface area contributed by atoms with Crippen molar-refractivity contribution in [2.75, 3.05) is 20.4 Å². The third kappa shape index (κ3) is 3.57. The fourth-order valence-electron chi connectivity index (χ4n) is 2.41. The lowest BCUT2D eigenvalue weighted by molar-refractivity contribution is 0.0943. The molecule has 0 bridgehead atoms. The summed E-state index contributed by atoms with van der Waals surface area (Å²) in [7, 11) is 1.85. The van der Waals surface area contributed by atoms with E-state index in [0.717, 1.165) is 5.56 Å². The zero-order valence-corrected chi connectivity index (χ0v) is 13.3. The minimum absolute atomic E-state index is 0.0237. The van der Waals surface area contributed by atoms with Gasteiger partial charge in [0.25, 0.3) is 0 Å². The molecule has 0 aliphatic carbocycles. The van der Waals surface area contributed by atoms with Crippen molar-refractivity contribution in [3.05, 3.63) is 52.5 Å². The highest BCUT2D eigenvalue weighted by Crippen LogP contribution is 2.37. The Kier molecular flexibility index (Phi) is 4.41. The number of Topliss-reactive ketones (excluding diaryl/α,β-unsaturated/α-hetero) is 1. The third-order valence-electron chi connectivity index (χ3n) is 3.58. The molecule has 0 spiro atoms. The van der Waals surface area contributed by atoms with Crippen molar-refractivity contribution in [3.63, 3.8) is 0 Å². The summed E-state index contributed by atoms with van der Waals surface area (Å²) in [5, 5.41) is 9.85. The smallest absolute Gasteiger partial charge is 0.231 e. The average Bonchev–Trinajstić information content (AvgIpc) is 2.95. The predicted octanol–water partition coefficient (Wildman–Crippen LogP) is 3.09. The highest BCUT2D eigenvalue weighted by atomic mass is 35.5. The molecule has 6 heteroatoms. The van der Waals surface area contributed by atoms with Crippen LogP contribution in [-0.4, -0.2) is 36.2 Å². The first-order valence-corrected chi connectivity index (χ1v) is 7.49. The normalized spacial score (nSPS) is 12.7. The highest BCUT2D eigenvalue weighted by molar-refractivity contribution is 6.31. The number of hydrogen-bond donors (Lipinski definition) is 1. The summed E-state index contributed by atoms with van der Waals surface area (Å²) >= 11 is 6.25. The molecule has 0 unspecified atom stereocenters. The van der Waals surface area contributed by atoms with Crippen LogP contribution < -0.4 is 9.47 Å². The predicted molar refractivity (Wildman–Crippen MR) is 86.3 cm³/mol. The molecule has 0 fully saturated rings. The molecule has 120 valence electrons. The molecule has 0 radical (unpaired) electrons. The van der Waals surface area contributed by atoms with Crippen molar-refractivity contribution in [1.82, 2.24) is 4.90 Å². The second-order valence-electron chi connectivity index (χ2n) is 5.44. The first kappa shape index (κ1) is 15.6. The first-order chi connectivity index (χ1) is 11.0. The van der Waals surface area contributed by atoms with Gasteiger partial charge in [-0.15, -0.1) is 0 Å². The van der Waals surface area contributed by atoms with Crippen LogP contribution in [0.4, 0.5) is 0 Å². The first-order valence-electron chi connectivity index (χ1n) is 7.12. The number of ketones is 1. The van der Waals surface area contributed by atoms with Gasteiger partial charge in [-0.3, -0.25) is 9.69 Å². The van der Waals surface area contributed by atoms with Crippen LogP contribution in [0, 0.1) is 0 Å². The van der Waals surface area contributed by atoms with Crippen LogP contribution in [0.25, 0.3) is 0 Å². The van der Waals surface area contributed by atoms with Crippen LogP contribution in [0.2, 0.25) is 5.02 Å². The van der Waals surface area contributed by atoms with Crippen LogP contribution in [0.3, 0.4) is 0 Å². The number of hydrogen-bond acceptors (Lipinski definition) is 5. The Hall–Kier alpha value is -2.24. The number of ether oxygens (including phenoxy) is 2. The second-order valence-corrected chi connectivity index (χ2v) is 5.85.